The predicted octanol–water partition coefficient (Wildman–Crippen LogP) is 2.32. The molecule has 1 amide bonds. The van der Waals surface area contributed by atoms with Gasteiger partial charge in [0.1, 0.15) is 29.8 Å². The van der Waals surface area contributed by atoms with Gasteiger partial charge in [0.05, 0.1) is 12.7 Å². The average Bonchev–Trinajstić information content (AvgIpc) is 3.10. The molecule has 4 rings (SSSR count). The molecule has 0 saturated carbocycles. The van der Waals surface area contributed by atoms with Crippen LogP contribution in [0.5, 0.6) is 11.5 Å². The van der Waals surface area contributed by atoms with E-state index in [0.717, 1.165) is 41.6 Å². The summed E-state index contributed by atoms with van der Waals surface area (Å²) in [5.41, 5.74) is 1.48. The van der Waals surface area contributed by atoms with Crippen molar-refractivity contribution in [1.82, 2.24) is 20.1 Å². The number of hydrogen-bond donors (Lipinski definition) is 1. The van der Waals surface area contributed by atoms with Crippen LogP contribution in [0.4, 0.5) is 0 Å². The SMILES string of the molecule is COc1ccc2c(c1)C=C(C(=O)N[C@@H]1CCc3nnc(C(C)C)n3C1)CO2. The molecule has 7 heteroatoms. The minimum atomic E-state index is -0.0870. The van der Waals surface area contributed by atoms with E-state index in [1.165, 1.54) is 0 Å². The molecule has 1 aromatic carbocycles. The normalized spacial score (nSPS) is 18.2. The van der Waals surface area contributed by atoms with Crippen LogP contribution in [0.1, 0.15) is 43.4 Å². The van der Waals surface area contributed by atoms with Crippen molar-refractivity contribution in [1.29, 1.82) is 0 Å². The standard InChI is InChI=1S/C20H24N4O3/c1-12(2)19-23-22-18-7-4-15(10-24(18)19)21-20(25)14-8-13-9-16(26-3)5-6-17(13)27-11-14/h5-6,8-9,12,15H,4,7,10-11H2,1-3H3,(H,21,25)/t15-/m1/s1. The summed E-state index contributed by atoms with van der Waals surface area (Å²) < 4.78 is 13.1. The zero-order valence-corrected chi connectivity index (χ0v) is 15.9. The van der Waals surface area contributed by atoms with Gasteiger partial charge in [0.15, 0.2) is 0 Å². The van der Waals surface area contributed by atoms with Crippen molar-refractivity contribution in [2.75, 3.05) is 13.7 Å². The van der Waals surface area contributed by atoms with Crippen molar-refractivity contribution < 1.29 is 14.3 Å². The molecule has 0 bridgehead atoms. The van der Waals surface area contributed by atoms with E-state index in [4.69, 9.17) is 9.47 Å². The summed E-state index contributed by atoms with van der Waals surface area (Å²) in [5.74, 6) is 3.71. The van der Waals surface area contributed by atoms with Gasteiger partial charge in [-0.2, -0.15) is 0 Å². The molecule has 3 heterocycles. The highest BCUT2D eigenvalue weighted by Crippen LogP contribution is 2.30. The van der Waals surface area contributed by atoms with Crippen LogP contribution in [-0.4, -0.2) is 40.4 Å². The maximum atomic E-state index is 12.8. The van der Waals surface area contributed by atoms with Gasteiger partial charge in [-0.15, -0.1) is 10.2 Å². The van der Waals surface area contributed by atoms with Crippen LogP contribution < -0.4 is 14.8 Å². The molecule has 0 radical (unpaired) electrons. The first kappa shape index (κ1) is 17.6. The smallest absolute Gasteiger partial charge is 0.250 e. The van der Waals surface area contributed by atoms with Gasteiger partial charge < -0.3 is 19.4 Å². The third-order valence-electron chi connectivity index (χ3n) is 5.05. The van der Waals surface area contributed by atoms with Crippen LogP contribution >= 0.6 is 0 Å². The molecule has 0 unspecified atom stereocenters. The first-order valence-electron chi connectivity index (χ1n) is 9.29. The van der Waals surface area contributed by atoms with Gasteiger partial charge >= 0.3 is 0 Å². The number of fused-ring (bicyclic) bond motifs is 2. The Bertz CT molecular complexity index is 901. The van der Waals surface area contributed by atoms with Crippen LogP contribution in [0.25, 0.3) is 6.08 Å². The maximum Gasteiger partial charge on any atom is 0.250 e. The number of aromatic nitrogens is 3. The lowest BCUT2D eigenvalue weighted by Crippen LogP contribution is -2.42. The van der Waals surface area contributed by atoms with Crippen LogP contribution in [0.3, 0.4) is 0 Å². The molecule has 2 aliphatic heterocycles. The molecule has 0 saturated heterocycles. The fourth-order valence-electron chi connectivity index (χ4n) is 3.58. The summed E-state index contributed by atoms with van der Waals surface area (Å²) in [5, 5.41) is 11.7. The number of carbonyl (C=O) groups is 1. The van der Waals surface area contributed by atoms with Gasteiger partial charge in [-0.1, -0.05) is 13.8 Å². The van der Waals surface area contributed by atoms with Crippen LogP contribution in [-0.2, 0) is 17.8 Å². The summed E-state index contributed by atoms with van der Waals surface area (Å²) in [6.45, 7) is 5.19. The molecule has 1 atom stereocenters. The molecule has 2 aromatic rings. The number of ether oxygens (including phenoxy) is 2. The summed E-state index contributed by atoms with van der Waals surface area (Å²) in [7, 11) is 1.62. The summed E-state index contributed by atoms with van der Waals surface area (Å²) in [6.07, 6.45) is 3.56. The second-order valence-corrected chi connectivity index (χ2v) is 7.31. The van der Waals surface area contributed by atoms with Crippen LogP contribution in [0.15, 0.2) is 23.8 Å². The Kier molecular flexibility index (Phi) is 4.59. The zero-order chi connectivity index (χ0) is 19.0. The van der Waals surface area contributed by atoms with Crippen molar-refractivity contribution in [2.45, 2.75) is 45.2 Å². The molecule has 0 fully saturated rings. The average molecular weight is 368 g/mol. The molecule has 0 aliphatic carbocycles. The lowest BCUT2D eigenvalue weighted by atomic mass is 10.0. The van der Waals surface area contributed by atoms with E-state index >= 15 is 0 Å². The highest BCUT2D eigenvalue weighted by molar-refractivity contribution is 5.99. The van der Waals surface area contributed by atoms with Crippen molar-refractivity contribution in [3.05, 3.63) is 41.0 Å². The summed E-state index contributed by atoms with van der Waals surface area (Å²) in [6, 6.07) is 5.65. The number of carbonyl (C=O) groups excluding carboxylic acids is 1. The molecular weight excluding hydrogens is 344 g/mol. The number of hydrogen-bond acceptors (Lipinski definition) is 5. The highest BCUT2D eigenvalue weighted by atomic mass is 16.5. The lowest BCUT2D eigenvalue weighted by molar-refractivity contribution is -0.118. The Balaban J connectivity index is 1.48. The predicted molar refractivity (Wildman–Crippen MR) is 101 cm³/mol. The monoisotopic (exact) mass is 368 g/mol. The van der Waals surface area contributed by atoms with Crippen LogP contribution in [0, 0.1) is 0 Å². The third-order valence-corrected chi connectivity index (χ3v) is 5.05. The fraction of sp³-hybridized carbons (Fsp3) is 0.450. The van der Waals surface area contributed by atoms with Gasteiger partial charge in [-0.25, -0.2) is 0 Å². The highest BCUT2D eigenvalue weighted by Gasteiger charge is 2.26. The van der Waals surface area contributed by atoms with Gasteiger partial charge in [0.25, 0.3) is 5.91 Å². The Morgan fingerprint density at radius 3 is 3.00 bits per heavy atom. The number of amides is 1. The van der Waals surface area contributed by atoms with E-state index in [1.807, 2.05) is 24.3 Å². The number of benzene rings is 1. The van der Waals surface area contributed by atoms with Crippen molar-refractivity contribution in [2.24, 2.45) is 0 Å². The van der Waals surface area contributed by atoms with Gasteiger partial charge in [0, 0.05) is 30.5 Å². The molecule has 7 nitrogen and oxygen atoms in total. The fourth-order valence-corrected chi connectivity index (χ4v) is 3.58. The molecule has 0 spiro atoms. The number of aryl methyl sites for hydroxylation is 1. The zero-order valence-electron chi connectivity index (χ0n) is 15.9. The first-order chi connectivity index (χ1) is 13.0. The van der Waals surface area contributed by atoms with E-state index < -0.39 is 0 Å². The molecule has 2 aliphatic rings. The molecule has 1 aromatic heterocycles. The topological polar surface area (TPSA) is 78.3 Å². The van der Waals surface area contributed by atoms with Gasteiger partial charge in [0.2, 0.25) is 0 Å². The summed E-state index contributed by atoms with van der Waals surface area (Å²) >= 11 is 0. The number of methoxy groups -OCH3 is 1. The number of nitrogens with zero attached hydrogens (tertiary/aromatic N) is 3. The Hall–Kier alpha value is -2.83. The summed E-state index contributed by atoms with van der Waals surface area (Å²) in [4.78, 5) is 12.8. The first-order valence-corrected chi connectivity index (χ1v) is 9.29. The van der Waals surface area contributed by atoms with Crippen molar-refractivity contribution >= 4 is 12.0 Å². The van der Waals surface area contributed by atoms with Crippen LogP contribution in [0.2, 0.25) is 0 Å². The number of rotatable bonds is 4. The quantitative estimate of drug-likeness (QED) is 0.896. The number of nitrogens with one attached hydrogen (secondary N) is 1. The van der Waals surface area contributed by atoms with E-state index in [-0.39, 0.29) is 18.6 Å². The Labute approximate surface area is 158 Å². The minimum Gasteiger partial charge on any atom is -0.497 e. The van der Waals surface area contributed by atoms with Crippen molar-refractivity contribution in [3.63, 3.8) is 0 Å². The van der Waals surface area contributed by atoms with E-state index in [1.54, 1.807) is 7.11 Å². The maximum absolute atomic E-state index is 12.8. The van der Waals surface area contributed by atoms with E-state index in [0.29, 0.717) is 18.0 Å². The van der Waals surface area contributed by atoms with Gasteiger partial charge in [-0.3, -0.25) is 4.79 Å². The van der Waals surface area contributed by atoms with Gasteiger partial charge in [-0.05, 0) is 30.7 Å². The molecular formula is C20H24N4O3. The molecule has 1 N–H and O–H groups in total. The second-order valence-electron chi connectivity index (χ2n) is 7.31. The van der Waals surface area contributed by atoms with E-state index in [2.05, 4.69) is 33.9 Å². The van der Waals surface area contributed by atoms with Crippen molar-refractivity contribution in [3.8, 4) is 11.5 Å². The Morgan fingerprint density at radius 2 is 2.22 bits per heavy atom. The van der Waals surface area contributed by atoms with E-state index in [9.17, 15) is 4.79 Å². The second kappa shape index (κ2) is 7.06. The third kappa shape index (κ3) is 3.41. The Morgan fingerprint density at radius 1 is 1.37 bits per heavy atom. The lowest BCUT2D eigenvalue weighted by Gasteiger charge is -2.27. The molecule has 142 valence electrons. The minimum absolute atomic E-state index is 0.0612. The largest absolute Gasteiger partial charge is 0.497 e. The molecule has 27 heavy (non-hydrogen) atoms.